The Labute approximate surface area is 218 Å². The monoisotopic (exact) mass is 540 g/mol. The highest BCUT2D eigenvalue weighted by Crippen LogP contribution is 2.40. The third-order valence-corrected chi connectivity index (χ3v) is 5.96. The molecule has 3 amide bonds. The van der Waals surface area contributed by atoms with Crippen molar-refractivity contribution in [2.75, 3.05) is 30.6 Å². The van der Waals surface area contributed by atoms with Crippen molar-refractivity contribution in [3.63, 3.8) is 0 Å². The Balaban J connectivity index is 1.45. The molecule has 0 atom stereocenters. The number of alkyl halides is 3. The largest absolute Gasteiger partial charge is 0.504 e. The van der Waals surface area contributed by atoms with E-state index < -0.39 is 30.2 Å². The molecule has 3 aromatic carbocycles. The number of amides is 3. The number of halogens is 3. The Morgan fingerprint density at radius 1 is 0.949 bits per heavy atom. The van der Waals surface area contributed by atoms with E-state index in [1.165, 1.54) is 63.0 Å². The minimum Gasteiger partial charge on any atom is -0.504 e. The molecule has 0 aliphatic carbocycles. The van der Waals surface area contributed by atoms with Crippen LogP contribution in [0.25, 0.3) is 10.9 Å². The van der Waals surface area contributed by atoms with Gasteiger partial charge in [-0.15, -0.1) is 0 Å². The number of ether oxygens (including phenoxy) is 3. The van der Waals surface area contributed by atoms with Crippen LogP contribution in [-0.2, 0) is 11.0 Å². The van der Waals surface area contributed by atoms with Gasteiger partial charge in [-0.3, -0.25) is 9.69 Å². The van der Waals surface area contributed by atoms with Crippen LogP contribution in [0.1, 0.15) is 5.56 Å². The Bertz CT molecular complexity index is 1610. The fraction of sp³-hybridized carbons (Fsp3) is 0.154. The van der Waals surface area contributed by atoms with Crippen molar-refractivity contribution < 1.29 is 42.1 Å². The number of anilines is 2. The number of urea groups is 1. The molecule has 1 aliphatic rings. The summed E-state index contributed by atoms with van der Waals surface area (Å²) in [5.74, 6) is -0.119. The quantitative estimate of drug-likeness (QED) is 0.335. The van der Waals surface area contributed by atoms with E-state index in [-0.39, 0.29) is 40.3 Å². The lowest BCUT2D eigenvalue weighted by Gasteiger charge is -2.20. The van der Waals surface area contributed by atoms with Gasteiger partial charge in [-0.2, -0.15) is 13.2 Å². The first kappa shape index (κ1) is 25.6. The van der Waals surface area contributed by atoms with E-state index in [4.69, 9.17) is 14.2 Å². The SMILES string of the molecule is COc1cc2c(Oc3ccc(N4C(=O)CN(c5cccc(C(F)(F)F)c5)C4=O)c(OC)c3)ncnc2cc1O. The summed E-state index contributed by atoms with van der Waals surface area (Å²) in [5, 5.41) is 10.5. The molecular weight excluding hydrogens is 521 g/mol. The van der Waals surface area contributed by atoms with Crippen molar-refractivity contribution in [1.82, 2.24) is 9.97 Å². The van der Waals surface area contributed by atoms with Gasteiger partial charge in [-0.25, -0.2) is 19.7 Å². The minimum absolute atomic E-state index is 0.0679. The molecule has 0 radical (unpaired) electrons. The van der Waals surface area contributed by atoms with Crippen molar-refractivity contribution >= 4 is 34.2 Å². The summed E-state index contributed by atoms with van der Waals surface area (Å²) in [4.78, 5) is 36.0. The number of carbonyl (C=O) groups is 2. The van der Waals surface area contributed by atoms with Crippen molar-refractivity contribution in [2.45, 2.75) is 6.18 Å². The number of fused-ring (bicyclic) bond motifs is 1. The van der Waals surface area contributed by atoms with Crippen LogP contribution in [0.15, 0.2) is 60.9 Å². The Kier molecular flexibility index (Phi) is 6.34. The summed E-state index contributed by atoms with van der Waals surface area (Å²) in [6.07, 6.45) is -3.36. The van der Waals surface area contributed by atoms with Crippen LogP contribution in [0.2, 0.25) is 0 Å². The summed E-state index contributed by atoms with van der Waals surface area (Å²) in [5.41, 5.74) is -0.539. The summed E-state index contributed by atoms with van der Waals surface area (Å²) in [6.45, 7) is -0.455. The Morgan fingerprint density at radius 2 is 1.72 bits per heavy atom. The van der Waals surface area contributed by atoms with Crippen molar-refractivity contribution in [2.24, 2.45) is 0 Å². The number of nitrogens with zero attached hydrogens (tertiary/aromatic N) is 4. The topological polar surface area (TPSA) is 114 Å². The molecule has 13 heteroatoms. The average molecular weight is 540 g/mol. The van der Waals surface area contributed by atoms with Crippen LogP contribution in [0, 0.1) is 0 Å². The average Bonchev–Trinajstić information content (AvgIpc) is 3.21. The fourth-order valence-electron chi connectivity index (χ4n) is 4.10. The summed E-state index contributed by atoms with van der Waals surface area (Å²) >= 11 is 0. The lowest BCUT2D eigenvalue weighted by atomic mass is 10.2. The molecule has 1 N–H and O–H groups in total. The minimum atomic E-state index is -4.61. The van der Waals surface area contributed by atoms with Gasteiger partial charge in [0.15, 0.2) is 11.5 Å². The van der Waals surface area contributed by atoms with E-state index in [0.29, 0.717) is 10.9 Å². The summed E-state index contributed by atoms with van der Waals surface area (Å²) < 4.78 is 56.0. The van der Waals surface area contributed by atoms with Gasteiger partial charge >= 0.3 is 12.2 Å². The molecule has 1 fully saturated rings. The van der Waals surface area contributed by atoms with Gasteiger partial charge in [0.25, 0.3) is 5.91 Å². The van der Waals surface area contributed by atoms with E-state index in [1.54, 1.807) is 0 Å². The molecule has 0 unspecified atom stereocenters. The third-order valence-electron chi connectivity index (χ3n) is 5.96. The standard InChI is InChI=1S/C26H19F3N4O6/c1-37-21-9-16(39-24-17-10-22(38-2)20(34)11-18(17)30-13-31-24)6-7-19(21)33-23(35)12-32(25(33)36)15-5-3-4-14(8-15)26(27,28)29/h3-11,13,34H,12H2,1-2H3. The molecule has 10 nitrogen and oxygen atoms in total. The van der Waals surface area contributed by atoms with Crippen molar-refractivity contribution in [3.05, 3.63) is 66.5 Å². The van der Waals surface area contributed by atoms with Crippen molar-refractivity contribution in [1.29, 1.82) is 0 Å². The molecule has 1 aromatic heterocycles. The lowest BCUT2D eigenvalue weighted by Crippen LogP contribution is -2.33. The zero-order valence-corrected chi connectivity index (χ0v) is 20.4. The van der Waals surface area contributed by atoms with Gasteiger partial charge in [0.1, 0.15) is 24.4 Å². The second kappa shape index (κ2) is 9.67. The Morgan fingerprint density at radius 3 is 2.44 bits per heavy atom. The molecule has 39 heavy (non-hydrogen) atoms. The first-order valence-electron chi connectivity index (χ1n) is 11.3. The number of hydrogen-bond donors (Lipinski definition) is 1. The van der Waals surface area contributed by atoms with Gasteiger partial charge < -0.3 is 19.3 Å². The predicted octanol–water partition coefficient (Wildman–Crippen LogP) is 5.14. The summed E-state index contributed by atoms with van der Waals surface area (Å²) in [7, 11) is 2.72. The van der Waals surface area contributed by atoms with E-state index in [9.17, 15) is 27.9 Å². The van der Waals surface area contributed by atoms with E-state index in [2.05, 4.69) is 9.97 Å². The highest BCUT2D eigenvalue weighted by Gasteiger charge is 2.40. The van der Waals surface area contributed by atoms with E-state index in [1.807, 2.05) is 0 Å². The third kappa shape index (κ3) is 4.69. The number of benzene rings is 3. The van der Waals surface area contributed by atoms with Gasteiger partial charge in [0, 0.05) is 17.8 Å². The van der Waals surface area contributed by atoms with E-state index in [0.717, 1.165) is 21.9 Å². The maximum Gasteiger partial charge on any atom is 0.416 e. The second-order valence-electron chi connectivity index (χ2n) is 8.30. The van der Waals surface area contributed by atoms with Crippen molar-refractivity contribution in [3.8, 4) is 28.9 Å². The number of carbonyl (C=O) groups excluding carboxylic acids is 2. The number of hydrogen-bond acceptors (Lipinski definition) is 8. The number of imide groups is 1. The molecule has 0 bridgehead atoms. The molecule has 0 saturated carbocycles. The predicted molar refractivity (Wildman–Crippen MR) is 132 cm³/mol. The number of phenolic OH excluding ortho intramolecular Hbond substituents is 1. The highest BCUT2D eigenvalue weighted by atomic mass is 19.4. The summed E-state index contributed by atoms with van der Waals surface area (Å²) in [6, 6.07) is 10.6. The van der Waals surface area contributed by atoms with Gasteiger partial charge in [-0.05, 0) is 36.4 Å². The number of aromatic nitrogens is 2. The number of aromatic hydroxyl groups is 1. The molecule has 200 valence electrons. The zero-order valence-electron chi connectivity index (χ0n) is 20.4. The van der Waals surface area contributed by atoms with E-state index >= 15 is 0 Å². The molecular formula is C26H19F3N4O6. The maximum atomic E-state index is 13.2. The number of rotatable bonds is 6. The molecule has 0 spiro atoms. The molecule has 1 saturated heterocycles. The van der Waals surface area contributed by atoms with Gasteiger partial charge in [-0.1, -0.05) is 6.07 Å². The Hall–Kier alpha value is -5.07. The van der Waals surface area contributed by atoms with Gasteiger partial charge in [0.2, 0.25) is 5.88 Å². The zero-order chi connectivity index (χ0) is 27.9. The first-order valence-corrected chi connectivity index (χ1v) is 11.3. The van der Waals surface area contributed by atoms with Crippen LogP contribution >= 0.6 is 0 Å². The lowest BCUT2D eigenvalue weighted by molar-refractivity contribution is -0.137. The fourth-order valence-corrected chi connectivity index (χ4v) is 4.10. The van der Waals surface area contributed by atoms with Crippen LogP contribution in [0.5, 0.6) is 28.9 Å². The molecule has 2 heterocycles. The normalized spacial score (nSPS) is 13.8. The number of methoxy groups -OCH3 is 2. The maximum absolute atomic E-state index is 13.2. The first-order chi connectivity index (χ1) is 18.6. The van der Waals surface area contributed by atoms with Crippen LogP contribution in [0.3, 0.4) is 0 Å². The molecule has 4 aromatic rings. The van der Waals surface area contributed by atoms with Gasteiger partial charge in [0.05, 0.1) is 36.4 Å². The number of phenols is 1. The smallest absolute Gasteiger partial charge is 0.416 e. The molecule has 1 aliphatic heterocycles. The highest BCUT2D eigenvalue weighted by molar-refractivity contribution is 6.27. The van der Waals surface area contributed by atoms with Crippen LogP contribution in [0.4, 0.5) is 29.3 Å². The van der Waals surface area contributed by atoms with Crippen LogP contribution < -0.4 is 24.0 Å². The molecule has 5 rings (SSSR count). The van der Waals surface area contributed by atoms with Crippen LogP contribution in [-0.4, -0.2) is 47.8 Å². The second-order valence-corrected chi connectivity index (χ2v) is 8.30.